The van der Waals surface area contributed by atoms with Crippen molar-refractivity contribution in [1.29, 1.82) is 0 Å². The minimum absolute atomic E-state index is 0.170. The van der Waals surface area contributed by atoms with Gasteiger partial charge >= 0.3 is 0 Å². The van der Waals surface area contributed by atoms with Gasteiger partial charge in [-0.3, -0.25) is 0 Å². The maximum absolute atomic E-state index is 8.56. The summed E-state index contributed by atoms with van der Waals surface area (Å²) < 4.78 is 5.62. The van der Waals surface area contributed by atoms with Gasteiger partial charge in [-0.2, -0.15) is 0 Å². The lowest BCUT2D eigenvalue weighted by atomic mass is 10.1. The quantitative estimate of drug-likeness (QED) is 0.693. The minimum atomic E-state index is 0.170. The third-order valence-corrected chi connectivity index (χ3v) is 2.17. The highest BCUT2D eigenvalue weighted by atomic mass is 16.5. The van der Waals surface area contributed by atoms with Gasteiger partial charge in [0.15, 0.2) is 0 Å². The van der Waals surface area contributed by atoms with Gasteiger partial charge in [0.25, 0.3) is 0 Å². The third kappa shape index (κ3) is 4.32. The van der Waals surface area contributed by atoms with Crippen LogP contribution in [0.2, 0.25) is 0 Å². The molecule has 0 aliphatic carbocycles. The average molecular weight is 209 g/mol. The number of nitrogens with one attached hydrogen (secondary N) is 1. The van der Waals surface area contributed by atoms with Crippen molar-refractivity contribution in [3.8, 4) is 5.75 Å². The molecule has 1 aromatic rings. The van der Waals surface area contributed by atoms with Crippen LogP contribution in [0.4, 0.5) is 0 Å². The van der Waals surface area contributed by atoms with E-state index >= 15 is 0 Å². The second kappa shape index (κ2) is 6.43. The fraction of sp³-hybridized carbons (Fsp3) is 0.500. The van der Waals surface area contributed by atoms with E-state index < -0.39 is 0 Å². The van der Waals surface area contributed by atoms with Crippen LogP contribution in [0.1, 0.15) is 11.1 Å². The smallest absolute Gasteiger partial charge is 0.122 e. The predicted molar refractivity (Wildman–Crippen MR) is 61.4 cm³/mol. The maximum atomic E-state index is 8.56. The van der Waals surface area contributed by atoms with Crippen LogP contribution in [0.3, 0.4) is 0 Å². The molecule has 15 heavy (non-hydrogen) atoms. The normalized spacial score (nSPS) is 10.3. The van der Waals surface area contributed by atoms with Crippen LogP contribution in [0, 0.1) is 13.8 Å². The van der Waals surface area contributed by atoms with E-state index in [4.69, 9.17) is 9.84 Å². The number of aliphatic hydroxyl groups excluding tert-OH is 1. The molecular weight excluding hydrogens is 190 g/mol. The van der Waals surface area contributed by atoms with Crippen molar-refractivity contribution in [3.63, 3.8) is 0 Å². The highest BCUT2D eigenvalue weighted by Crippen LogP contribution is 2.18. The molecule has 0 fully saturated rings. The second-order valence-corrected chi connectivity index (χ2v) is 3.59. The van der Waals surface area contributed by atoms with Crippen LogP contribution in [-0.4, -0.2) is 31.4 Å². The van der Waals surface area contributed by atoms with Crippen molar-refractivity contribution in [3.05, 3.63) is 29.3 Å². The zero-order valence-electron chi connectivity index (χ0n) is 9.42. The van der Waals surface area contributed by atoms with Gasteiger partial charge in [-0.15, -0.1) is 0 Å². The molecule has 0 saturated heterocycles. The molecule has 0 aliphatic heterocycles. The van der Waals surface area contributed by atoms with E-state index in [0.29, 0.717) is 13.2 Å². The van der Waals surface area contributed by atoms with Gasteiger partial charge in [-0.1, -0.05) is 12.1 Å². The zero-order chi connectivity index (χ0) is 11.1. The summed E-state index contributed by atoms with van der Waals surface area (Å²) in [7, 11) is 0. The molecule has 0 radical (unpaired) electrons. The van der Waals surface area contributed by atoms with E-state index in [1.165, 1.54) is 5.56 Å². The van der Waals surface area contributed by atoms with E-state index in [-0.39, 0.29) is 6.61 Å². The first-order valence-corrected chi connectivity index (χ1v) is 5.25. The number of hydrogen-bond donors (Lipinski definition) is 2. The van der Waals surface area contributed by atoms with Crippen molar-refractivity contribution in [1.82, 2.24) is 5.32 Å². The van der Waals surface area contributed by atoms with Gasteiger partial charge in [-0.25, -0.2) is 0 Å². The molecule has 0 saturated carbocycles. The molecule has 3 heteroatoms. The predicted octanol–water partition coefficient (Wildman–Crippen LogP) is 1.26. The first-order chi connectivity index (χ1) is 7.24. The zero-order valence-corrected chi connectivity index (χ0v) is 9.42. The molecule has 0 heterocycles. The van der Waals surface area contributed by atoms with Crippen LogP contribution < -0.4 is 10.1 Å². The molecule has 0 unspecified atom stereocenters. The molecule has 0 aromatic heterocycles. The molecule has 0 amide bonds. The molecule has 84 valence electrons. The van der Waals surface area contributed by atoms with Crippen molar-refractivity contribution in [2.45, 2.75) is 13.8 Å². The first kappa shape index (κ1) is 12.0. The number of hydrogen-bond acceptors (Lipinski definition) is 3. The fourth-order valence-electron chi connectivity index (χ4n) is 1.30. The largest absolute Gasteiger partial charge is 0.492 e. The first-order valence-electron chi connectivity index (χ1n) is 5.25. The van der Waals surface area contributed by atoms with Gasteiger partial charge in [-0.05, 0) is 31.0 Å². The highest BCUT2D eigenvalue weighted by molar-refractivity contribution is 5.35. The van der Waals surface area contributed by atoms with Crippen molar-refractivity contribution in [2.24, 2.45) is 0 Å². The van der Waals surface area contributed by atoms with Crippen LogP contribution in [0.5, 0.6) is 5.75 Å². The minimum Gasteiger partial charge on any atom is -0.492 e. The highest BCUT2D eigenvalue weighted by Gasteiger charge is 1.98. The second-order valence-electron chi connectivity index (χ2n) is 3.59. The summed E-state index contributed by atoms with van der Waals surface area (Å²) in [6, 6.07) is 6.18. The Labute approximate surface area is 91.1 Å². The summed E-state index contributed by atoms with van der Waals surface area (Å²) in [5.74, 6) is 0.945. The topological polar surface area (TPSA) is 41.5 Å². The molecule has 1 rings (SSSR count). The van der Waals surface area contributed by atoms with Crippen LogP contribution >= 0.6 is 0 Å². The van der Waals surface area contributed by atoms with Crippen molar-refractivity contribution >= 4 is 0 Å². The Bertz CT molecular complexity index is 300. The van der Waals surface area contributed by atoms with Crippen LogP contribution in [0.15, 0.2) is 18.2 Å². The van der Waals surface area contributed by atoms with E-state index in [2.05, 4.69) is 24.4 Å². The number of aryl methyl sites for hydroxylation is 2. The molecule has 2 N–H and O–H groups in total. The molecule has 0 atom stereocenters. The number of aliphatic hydroxyl groups is 1. The maximum Gasteiger partial charge on any atom is 0.122 e. The molecule has 0 spiro atoms. The Kier molecular flexibility index (Phi) is 5.15. The lowest BCUT2D eigenvalue weighted by Crippen LogP contribution is -2.24. The number of ether oxygens (including phenoxy) is 1. The lowest BCUT2D eigenvalue weighted by molar-refractivity contribution is 0.275. The summed E-state index contributed by atoms with van der Waals surface area (Å²) in [6.45, 7) is 6.27. The molecule has 0 aliphatic rings. The molecule has 1 aromatic carbocycles. The monoisotopic (exact) mass is 209 g/mol. The summed E-state index contributed by atoms with van der Waals surface area (Å²) >= 11 is 0. The third-order valence-electron chi connectivity index (χ3n) is 2.17. The Morgan fingerprint density at radius 1 is 1.27 bits per heavy atom. The molecular formula is C12H19NO2. The van der Waals surface area contributed by atoms with Gasteiger partial charge in [0.1, 0.15) is 12.4 Å². The lowest BCUT2D eigenvalue weighted by Gasteiger charge is -2.10. The molecule has 0 bridgehead atoms. The number of benzene rings is 1. The fourth-order valence-corrected chi connectivity index (χ4v) is 1.30. The molecule has 3 nitrogen and oxygen atoms in total. The number of rotatable bonds is 6. The Morgan fingerprint density at radius 2 is 2.07 bits per heavy atom. The van der Waals surface area contributed by atoms with Gasteiger partial charge in [0.2, 0.25) is 0 Å². The Morgan fingerprint density at radius 3 is 2.80 bits per heavy atom. The van der Waals surface area contributed by atoms with Crippen LogP contribution in [0.25, 0.3) is 0 Å². The van der Waals surface area contributed by atoms with E-state index in [1.54, 1.807) is 0 Å². The van der Waals surface area contributed by atoms with Gasteiger partial charge < -0.3 is 15.2 Å². The van der Waals surface area contributed by atoms with Crippen molar-refractivity contribution in [2.75, 3.05) is 26.3 Å². The van der Waals surface area contributed by atoms with E-state index in [1.807, 2.05) is 13.0 Å². The summed E-state index contributed by atoms with van der Waals surface area (Å²) in [5, 5.41) is 11.6. The van der Waals surface area contributed by atoms with E-state index in [9.17, 15) is 0 Å². The SMILES string of the molecule is Cc1ccc(C)c(OCCNCCO)c1. The average Bonchev–Trinajstić information content (AvgIpc) is 2.23. The summed E-state index contributed by atoms with van der Waals surface area (Å²) in [6.07, 6.45) is 0. The van der Waals surface area contributed by atoms with Crippen LogP contribution in [-0.2, 0) is 0 Å². The Hall–Kier alpha value is -1.06. The van der Waals surface area contributed by atoms with Gasteiger partial charge in [0.05, 0.1) is 6.61 Å². The standard InChI is InChI=1S/C12H19NO2/c1-10-3-4-11(2)12(9-10)15-8-6-13-5-7-14/h3-4,9,13-14H,5-8H2,1-2H3. The Balaban J connectivity index is 2.33. The van der Waals surface area contributed by atoms with Crippen molar-refractivity contribution < 1.29 is 9.84 Å². The van der Waals surface area contributed by atoms with E-state index in [0.717, 1.165) is 17.9 Å². The summed E-state index contributed by atoms with van der Waals surface area (Å²) in [4.78, 5) is 0. The summed E-state index contributed by atoms with van der Waals surface area (Å²) in [5.41, 5.74) is 2.36. The van der Waals surface area contributed by atoms with Gasteiger partial charge in [0, 0.05) is 13.1 Å².